The molecule has 2 N–H and O–H groups in total. The van der Waals surface area contributed by atoms with Crippen LogP contribution in [0, 0.1) is 0 Å². The Labute approximate surface area is 116 Å². The van der Waals surface area contributed by atoms with Crippen LogP contribution in [0.5, 0.6) is 0 Å². The van der Waals surface area contributed by atoms with Gasteiger partial charge in [-0.1, -0.05) is 6.42 Å². The number of hydrogen-bond acceptors (Lipinski definition) is 4. The molecular weight excluding hydrogens is 244 g/mol. The highest BCUT2D eigenvalue weighted by Gasteiger charge is 2.12. The Kier molecular flexibility index (Phi) is 9.21. The maximum Gasteiger partial charge on any atom is 0.305 e. The van der Waals surface area contributed by atoms with Crippen LogP contribution in [0.2, 0.25) is 0 Å². The van der Waals surface area contributed by atoms with Crippen molar-refractivity contribution < 1.29 is 14.3 Å². The first kappa shape index (κ1) is 17.9. The second kappa shape index (κ2) is 9.78. The van der Waals surface area contributed by atoms with Crippen molar-refractivity contribution in [1.82, 2.24) is 10.6 Å². The van der Waals surface area contributed by atoms with E-state index < -0.39 is 0 Å². The summed E-state index contributed by atoms with van der Waals surface area (Å²) in [6.45, 7) is 9.27. The molecule has 1 amide bonds. The van der Waals surface area contributed by atoms with Crippen molar-refractivity contribution in [2.75, 3.05) is 19.7 Å². The van der Waals surface area contributed by atoms with Gasteiger partial charge in [0.1, 0.15) is 0 Å². The molecule has 5 heteroatoms. The third kappa shape index (κ3) is 13.1. The van der Waals surface area contributed by atoms with Crippen molar-refractivity contribution in [3.8, 4) is 0 Å². The molecule has 0 fully saturated rings. The van der Waals surface area contributed by atoms with E-state index in [0.29, 0.717) is 19.6 Å². The SMILES string of the molecule is CCOC(=O)CCCCCNCC(=O)NC(C)(C)C. The molecule has 0 aromatic carbocycles. The Morgan fingerprint density at radius 2 is 1.79 bits per heavy atom. The lowest BCUT2D eigenvalue weighted by atomic mass is 10.1. The second-order valence-electron chi connectivity index (χ2n) is 5.59. The standard InChI is InChI=1S/C14H28N2O3/c1-5-19-13(18)9-7-6-8-10-15-11-12(17)16-14(2,3)4/h15H,5-11H2,1-4H3,(H,16,17). The van der Waals surface area contributed by atoms with E-state index in [0.717, 1.165) is 25.8 Å². The number of ether oxygens (including phenoxy) is 1. The van der Waals surface area contributed by atoms with Crippen LogP contribution >= 0.6 is 0 Å². The van der Waals surface area contributed by atoms with Gasteiger partial charge >= 0.3 is 5.97 Å². The molecule has 0 rings (SSSR count). The van der Waals surface area contributed by atoms with Gasteiger partial charge in [0, 0.05) is 12.0 Å². The molecule has 0 aliphatic carbocycles. The monoisotopic (exact) mass is 272 g/mol. The molecule has 0 aliphatic rings. The Hall–Kier alpha value is -1.10. The number of carbonyl (C=O) groups is 2. The van der Waals surface area contributed by atoms with Crippen LogP contribution < -0.4 is 10.6 Å². The number of unbranched alkanes of at least 4 members (excludes halogenated alkanes) is 2. The summed E-state index contributed by atoms with van der Waals surface area (Å²) in [7, 11) is 0. The fourth-order valence-corrected chi connectivity index (χ4v) is 1.59. The van der Waals surface area contributed by atoms with E-state index >= 15 is 0 Å². The Bertz CT molecular complexity index is 272. The van der Waals surface area contributed by atoms with Crippen LogP contribution in [-0.2, 0) is 14.3 Å². The number of esters is 1. The topological polar surface area (TPSA) is 67.4 Å². The minimum atomic E-state index is -0.182. The highest BCUT2D eigenvalue weighted by molar-refractivity contribution is 5.78. The lowest BCUT2D eigenvalue weighted by molar-refractivity contribution is -0.143. The first-order valence-electron chi connectivity index (χ1n) is 7.02. The van der Waals surface area contributed by atoms with E-state index in [1.54, 1.807) is 0 Å². The van der Waals surface area contributed by atoms with Crippen LogP contribution in [0.4, 0.5) is 0 Å². The van der Waals surface area contributed by atoms with Crippen molar-refractivity contribution in [3.05, 3.63) is 0 Å². The minimum Gasteiger partial charge on any atom is -0.466 e. The molecule has 0 saturated carbocycles. The van der Waals surface area contributed by atoms with Crippen molar-refractivity contribution >= 4 is 11.9 Å². The van der Waals surface area contributed by atoms with E-state index in [-0.39, 0.29) is 17.4 Å². The Balaban J connectivity index is 3.36. The van der Waals surface area contributed by atoms with Gasteiger partial charge in [0.15, 0.2) is 0 Å². The third-order valence-electron chi connectivity index (χ3n) is 2.34. The van der Waals surface area contributed by atoms with Crippen molar-refractivity contribution in [2.24, 2.45) is 0 Å². The minimum absolute atomic E-state index is 0.0130. The van der Waals surface area contributed by atoms with E-state index in [2.05, 4.69) is 10.6 Å². The first-order chi connectivity index (χ1) is 8.85. The molecule has 0 bridgehead atoms. The fourth-order valence-electron chi connectivity index (χ4n) is 1.59. The number of rotatable bonds is 9. The molecule has 0 saturated heterocycles. The summed E-state index contributed by atoms with van der Waals surface area (Å²) in [6, 6.07) is 0. The first-order valence-corrected chi connectivity index (χ1v) is 7.02. The van der Waals surface area contributed by atoms with E-state index in [1.807, 2.05) is 27.7 Å². The van der Waals surface area contributed by atoms with Gasteiger partial charge in [-0.25, -0.2) is 0 Å². The summed E-state index contributed by atoms with van der Waals surface area (Å²) < 4.78 is 4.84. The van der Waals surface area contributed by atoms with Crippen molar-refractivity contribution in [1.29, 1.82) is 0 Å². The molecule has 0 spiro atoms. The third-order valence-corrected chi connectivity index (χ3v) is 2.34. The predicted molar refractivity (Wildman–Crippen MR) is 75.9 cm³/mol. The molecule has 0 aromatic rings. The van der Waals surface area contributed by atoms with Crippen molar-refractivity contribution in [3.63, 3.8) is 0 Å². The molecule has 0 unspecified atom stereocenters. The molecule has 5 nitrogen and oxygen atoms in total. The van der Waals surface area contributed by atoms with Crippen LogP contribution in [0.25, 0.3) is 0 Å². The maximum absolute atomic E-state index is 11.5. The largest absolute Gasteiger partial charge is 0.466 e. The zero-order valence-electron chi connectivity index (χ0n) is 12.7. The highest BCUT2D eigenvalue weighted by atomic mass is 16.5. The summed E-state index contributed by atoms with van der Waals surface area (Å²) >= 11 is 0. The maximum atomic E-state index is 11.5. The van der Waals surface area contributed by atoms with E-state index in [4.69, 9.17) is 4.74 Å². The molecule has 0 aliphatic heterocycles. The Morgan fingerprint density at radius 3 is 2.37 bits per heavy atom. The summed E-state index contributed by atoms with van der Waals surface area (Å²) in [5, 5.41) is 5.98. The van der Waals surface area contributed by atoms with Crippen LogP contribution in [-0.4, -0.2) is 37.1 Å². The normalized spacial score (nSPS) is 11.2. The van der Waals surface area contributed by atoms with Gasteiger partial charge in [-0.2, -0.15) is 0 Å². The van der Waals surface area contributed by atoms with Crippen LogP contribution in [0.1, 0.15) is 53.4 Å². The number of carbonyl (C=O) groups excluding carboxylic acids is 2. The predicted octanol–water partition coefficient (Wildman–Crippen LogP) is 1.61. The number of nitrogens with one attached hydrogen (secondary N) is 2. The summed E-state index contributed by atoms with van der Waals surface area (Å²) in [5.41, 5.74) is -0.182. The number of amides is 1. The number of hydrogen-bond donors (Lipinski definition) is 2. The van der Waals surface area contributed by atoms with Gasteiger partial charge in [0.05, 0.1) is 13.2 Å². The Morgan fingerprint density at radius 1 is 1.11 bits per heavy atom. The van der Waals surface area contributed by atoms with Crippen LogP contribution in [0.15, 0.2) is 0 Å². The van der Waals surface area contributed by atoms with Gasteiger partial charge in [-0.3, -0.25) is 9.59 Å². The van der Waals surface area contributed by atoms with E-state index in [1.165, 1.54) is 0 Å². The van der Waals surface area contributed by atoms with Crippen LogP contribution in [0.3, 0.4) is 0 Å². The highest BCUT2D eigenvalue weighted by Crippen LogP contribution is 2.00. The average Bonchev–Trinajstić information content (AvgIpc) is 2.25. The fraction of sp³-hybridized carbons (Fsp3) is 0.857. The second-order valence-corrected chi connectivity index (χ2v) is 5.59. The molecule has 19 heavy (non-hydrogen) atoms. The molecule has 0 aromatic heterocycles. The quantitative estimate of drug-likeness (QED) is 0.494. The molecular formula is C14H28N2O3. The molecule has 0 atom stereocenters. The zero-order valence-corrected chi connectivity index (χ0v) is 12.7. The van der Waals surface area contributed by atoms with Gasteiger partial charge < -0.3 is 15.4 Å². The lowest BCUT2D eigenvalue weighted by Crippen LogP contribution is -2.44. The summed E-state index contributed by atoms with van der Waals surface area (Å²) in [5.74, 6) is -0.112. The van der Waals surface area contributed by atoms with Gasteiger partial charge in [0.25, 0.3) is 0 Å². The van der Waals surface area contributed by atoms with E-state index in [9.17, 15) is 9.59 Å². The van der Waals surface area contributed by atoms with Gasteiger partial charge in [0.2, 0.25) is 5.91 Å². The van der Waals surface area contributed by atoms with Crippen molar-refractivity contribution in [2.45, 2.75) is 58.9 Å². The summed E-state index contributed by atoms with van der Waals surface area (Å²) in [4.78, 5) is 22.5. The lowest BCUT2D eigenvalue weighted by Gasteiger charge is -2.20. The molecule has 0 heterocycles. The van der Waals surface area contributed by atoms with Gasteiger partial charge in [-0.15, -0.1) is 0 Å². The molecule has 112 valence electrons. The molecule has 0 radical (unpaired) electrons. The average molecular weight is 272 g/mol. The zero-order chi connectivity index (χ0) is 14.7. The smallest absolute Gasteiger partial charge is 0.305 e. The summed E-state index contributed by atoms with van der Waals surface area (Å²) in [6.07, 6.45) is 3.25. The van der Waals surface area contributed by atoms with Gasteiger partial charge in [-0.05, 0) is 47.1 Å².